The van der Waals surface area contributed by atoms with Gasteiger partial charge in [0.1, 0.15) is 5.82 Å². The van der Waals surface area contributed by atoms with E-state index in [-0.39, 0.29) is 23.6 Å². The van der Waals surface area contributed by atoms with E-state index in [1.54, 1.807) is 42.5 Å². The van der Waals surface area contributed by atoms with E-state index in [4.69, 9.17) is 9.47 Å². The fourth-order valence-electron chi connectivity index (χ4n) is 4.74. The lowest BCUT2D eigenvalue weighted by Crippen LogP contribution is -2.31. The largest absolute Gasteiger partial charge is 0.352 e. The molecule has 0 radical (unpaired) electrons. The Kier molecular flexibility index (Phi) is 9.59. The Balaban J connectivity index is 1.43. The number of halogens is 3. The number of aryl methyl sites for hydroxylation is 1. The molecular weight excluding hydrogens is 473 g/mol. The van der Waals surface area contributed by atoms with Gasteiger partial charge >= 0.3 is 0 Å². The molecule has 2 nitrogen and oxygen atoms in total. The molecule has 4 rings (SSSR count). The third kappa shape index (κ3) is 6.71. The van der Waals surface area contributed by atoms with Crippen LogP contribution in [0, 0.1) is 17.5 Å². The molecule has 1 aliphatic heterocycles. The molecule has 0 aromatic heterocycles. The molecule has 0 unspecified atom stereocenters. The van der Waals surface area contributed by atoms with E-state index >= 15 is 4.39 Å². The summed E-state index contributed by atoms with van der Waals surface area (Å²) in [6.07, 6.45) is 8.90. The lowest BCUT2D eigenvalue weighted by Gasteiger charge is -2.29. The van der Waals surface area contributed by atoms with Crippen molar-refractivity contribution in [1.82, 2.24) is 0 Å². The van der Waals surface area contributed by atoms with Crippen LogP contribution in [0.2, 0.25) is 0 Å². The number of ether oxygens (including phenoxy) is 2. The second kappa shape index (κ2) is 13.1. The van der Waals surface area contributed by atoms with Crippen LogP contribution in [0.4, 0.5) is 13.2 Å². The van der Waals surface area contributed by atoms with Gasteiger partial charge in [0.2, 0.25) is 0 Å². The minimum Gasteiger partial charge on any atom is -0.352 e. The van der Waals surface area contributed by atoms with Crippen LogP contribution in [0.25, 0.3) is 22.3 Å². The Morgan fingerprint density at radius 3 is 2.22 bits per heavy atom. The maximum atomic E-state index is 15.0. The number of benzene rings is 3. The van der Waals surface area contributed by atoms with Crippen molar-refractivity contribution in [2.75, 3.05) is 13.2 Å². The zero-order valence-corrected chi connectivity index (χ0v) is 21.6. The van der Waals surface area contributed by atoms with Crippen molar-refractivity contribution in [3.8, 4) is 22.3 Å². The quantitative estimate of drug-likeness (QED) is 0.201. The predicted octanol–water partition coefficient (Wildman–Crippen LogP) is 8.98. The molecule has 0 N–H and O–H groups in total. The van der Waals surface area contributed by atoms with Crippen LogP contribution in [0.15, 0.2) is 66.7 Å². The zero-order valence-electron chi connectivity index (χ0n) is 21.6. The molecular formula is C32H35F3O2. The van der Waals surface area contributed by atoms with E-state index in [0.29, 0.717) is 41.9 Å². The Bertz CT molecular complexity index is 1200. The second-order valence-electron chi connectivity index (χ2n) is 9.61. The second-order valence-corrected chi connectivity index (χ2v) is 9.61. The lowest BCUT2D eigenvalue weighted by molar-refractivity contribution is -0.189. The van der Waals surface area contributed by atoms with Crippen molar-refractivity contribution < 1.29 is 22.6 Å². The van der Waals surface area contributed by atoms with E-state index in [9.17, 15) is 8.78 Å². The Morgan fingerprint density at radius 2 is 1.54 bits per heavy atom. The summed E-state index contributed by atoms with van der Waals surface area (Å²) in [6, 6.07) is 15.6. The predicted molar refractivity (Wildman–Crippen MR) is 143 cm³/mol. The topological polar surface area (TPSA) is 18.5 Å². The Hall–Kier alpha value is -2.89. The van der Waals surface area contributed by atoms with Crippen molar-refractivity contribution in [1.29, 1.82) is 0 Å². The zero-order chi connectivity index (χ0) is 26.2. The Labute approximate surface area is 218 Å². The molecule has 0 spiro atoms. The first-order valence-corrected chi connectivity index (χ1v) is 13.2. The minimum atomic E-state index is -0.821. The van der Waals surface area contributed by atoms with Gasteiger partial charge in [0.05, 0.1) is 13.2 Å². The number of allylic oxidation sites excluding steroid dienone is 2. The standard InChI is InChI=1S/C32H35F3O2/c1-3-5-7-9-24-15-18-28(32(35)31(24)34)23-13-11-22(12-14-23)25-16-17-27(29(33)19-25)26-20-36-30(37-21-26)10-8-6-4-2/h4,6,11-19,26,30H,3,5,7-10,20-21H2,1-2H3. The molecule has 3 aromatic carbocycles. The van der Waals surface area contributed by atoms with Crippen LogP contribution in [0.3, 0.4) is 0 Å². The summed E-state index contributed by atoms with van der Waals surface area (Å²) in [7, 11) is 0. The van der Waals surface area contributed by atoms with Gasteiger partial charge in [-0.1, -0.05) is 80.4 Å². The van der Waals surface area contributed by atoms with Crippen LogP contribution < -0.4 is 0 Å². The highest BCUT2D eigenvalue weighted by atomic mass is 19.2. The van der Waals surface area contributed by atoms with Gasteiger partial charge in [-0.3, -0.25) is 0 Å². The van der Waals surface area contributed by atoms with Crippen molar-refractivity contribution >= 4 is 0 Å². The van der Waals surface area contributed by atoms with Gasteiger partial charge in [-0.05, 0) is 60.1 Å². The molecule has 5 heteroatoms. The highest BCUT2D eigenvalue weighted by Crippen LogP contribution is 2.32. The van der Waals surface area contributed by atoms with E-state index < -0.39 is 11.6 Å². The van der Waals surface area contributed by atoms with E-state index in [2.05, 4.69) is 13.0 Å². The molecule has 0 bridgehead atoms. The van der Waals surface area contributed by atoms with Crippen LogP contribution in [0.1, 0.15) is 63.0 Å². The van der Waals surface area contributed by atoms with Gasteiger partial charge in [0.25, 0.3) is 0 Å². The summed E-state index contributed by atoms with van der Waals surface area (Å²) >= 11 is 0. The molecule has 37 heavy (non-hydrogen) atoms. The first-order chi connectivity index (χ1) is 18.0. The Morgan fingerprint density at radius 1 is 0.838 bits per heavy atom. The summed E-state index contributed by atoms with van der Waals surface area (Å²) in [6.45, 7) is 4.90. The summed E-state index contributed by atoms with van der Waals surface area (Å²) in [4.78, 5) is 0. The molecule has 3 aromatic rings. The normalized spacial score (nSPS) is 18.0. The van der Waals surface area contributed by atoms with Gasteiger partial charge in [0, 0.05) is 17.9 Å². The third-order valence-electron chi connectivity index (χ3n) is 6.95. The number of hydrogen-bond donors (Lipinski definition) is 0. The fraction of sp³-hybridized carbons (Fsp3) is 0.375. The minimum absolute atomic E-state index is 0.155. The van der Waals surface area contributed by atoms with Gasteiger partial charge in [-0.15, -0.1) is 0 Å². The van der Waals surface area contributed by atoms with Crippen LogP contribution in [0.5, 0.6) is 0 Å². The molecule has 0 atom stereocenters. The molecule has 196 valence electrons. The highest BCUT2D eigenvalue weighted by Gasteiger charge is 2.25. The van der Waals surface area contributed by atoms with Crippen molar-refractivity contribution in [2.24, 2.45) is 0 Å². The molecule has 0 amide bonds. The van der Waals surface area contributed by atoms with Gasteiger partial charge in [-0.2, -0.15) is 0 Å². The van der Waals surface area contributed by atoms with Crippen molar-refractivity contribution in [3.05, 3.63) is 95.3 Å². The van der Waals surface area contributed by atoms with Gasteiger partial charge in [-0.25, -0.2) is 13.2 Å². The number of rotatable bonds is 10. The molecule has 0 aliphatic carbocycles. The molecule has 1 fully saturated rings. The van der Waals surface area contributed by atoms with Crippen LogP contribution in [-0.4, -0.2) is 19.5 Å². The van der Waals surface area contributed by atoms with Crippen LogP contribution >= 0.6 is 0 Å². The summed E-state index contributed by atoms with van der Waals surface area (Å²) in [5.74, 6) is -2.05. The maximum absolute atomic E-state index is 15.0. The average Bonchev–Trinajstić information content (AvgIpc) is 2.92. The van der Waals surface area contributed by atoms with Gasteiger partial charge in [0.15, 0.2) is 17.9 Å². The summed E-state index contributed by atoms with van der Waals surface area (Å²) in [5.41, 5.74) is 3.31. The maximum Gasteiger partial charge on any atom is 0.166 e. The number of hydrogen-bond acceptors (Lipinski definition) is 2. The lowest BCUT2D eigenvalue weighted by atomic mass is 9.94. The fourth-order valence-corrected chi connectivity index (χ4v) is 4.74. The van der Waals surface area contributed by atoms with E-state index in [0.717, 1.165) is 37.7 Å². The summed E-state index contributed by atoms with van der Waals surface area (Å²) < 4.78 is 56.0. The van der Waals surface area contributed by atoms with Crippen molar-refractivity contribution in [2.45, 2.75) is 64.6 Å². The summed E-state index contributed by atoms with van der Waals surface area (Å²) in [5, 5.41) is 0. The molecule has 1 aliphatic rings. The molecule has 1 heterocycles. The smallest absolute Gasteiger partial charge is 0.166 e. The monoisotopic (exact) mass is 508 g/mol. The SMILES string of the molecule is CC=CCCC1OCC(c2ccc(-c3ccc(-c4ccc(CCCCC)c(F)c4F)cc3)cc2F)CO1. The van der Waals surface area contributed by atoms with Crippen molar-refractivity contribution in [3.63, 3.8) is 0 Å². The molecule has 0 saturated carbocycles. The first-order valence-electron chi connectivity index (χ1n) is 13.2. The van der Waals surface area contributed by atoms with Gasteiger partial charge < -0.3 is 9.47 Å². The van der Waals surface area contributed by atoms with Crippen LogP contribution in [-0.2, 0) is 15.9 Å². The number of unbranched alkanes of at least 4 members (excludes halogenated alkanes) is 2. The first kappa shape index (κ1) is 27.2. The molecule has 1 saturated heterocycles. The van der Waals surface area contributed by atoms with E-state index in [1.807, 2.05) is 19.1 Å². The average molecular weight is 509 g/mol. The highest BCUT2D eigenvalue weighted by molar-refractivity contribution is 5.71. The van der Waals surface area contributed by atoms with E-state index in [1.165, 1.54) is 6.07 Å². The third-order valence-corrected chi connectivity index (χ3v) is 6.95.